The van der Waals surface area contributed by atoms with Gasteiger partial charge in [0.05, 0.1) is 12.8 Å². The van der Waals surface area contributed by atoms with Crippen molar-refractivity contribution >= 4 is 39.2 Å². The molecule has 3 aromatic heterocycles. The number of oxazole rings is 1. The average molecular weight is 358 g/mol. The molecule has 5 rings (SSSR count). The van der Waals surface area contributed by atoms with E-state index in [0.29, 0.717) is 23.1 Å². The molecule has 4 aromatic rings. The third-order valence-electron chi connectivity index (χ3n) is 3.97. The van der Waals surface area contributed by atoms with Gasteiger partial charge < -0.3 is 9.15 Å². The molecule has 6 nitrogen and oxygen atoms in total. The largest absolute Gasteiger partial charge is 0.491 e. The summed E-state index contributed by atoms with van der Waals surface area (Å²) in [7, 11) is 0. The van der Waals surface area contributed by atoms with Gasteiger partial charge in [0.1, 0.15) is 11.4 Å². The third kappa shape index (κ3) is 2.46. The number of hydrogen-bond donors (Lipinski definition) is 0. The molecule has 3 heterocycles. The molecule has 0 amide bonds. The van der Waals surface area contributed by atoms with Gasteiger partial charge in [0.25, 0.3) is 0 Å². The monoisotopic (exact) mass is 358 g/mol. The summed E-state index contributed by atoms with van der Waals surface area (Å²) in [5.74, 6) is 1.97. The maximum atomic E-state index is 5.91. The van der Waals surface area contributed by atoms with Gasteiger partial charge in [0.15, 0.2) is 15.4 Å². The van der Waals surface area contributed by atoms with Crippen LogP contribution in [0.2, 0.25) is 0 Å². The van der Waals surface area contributed by atoms with E-state index in [-0.39, 0.29) is 0 Å². The number of hydrogen-bond acceptors (Lipinski definition) is 7. The molecule has 8 heteroatoms. The van der Waals surface area contributed by atoms with Crippen LogP contribution in [0.15, 0.2) is 33.2 Å². The highest BCUT2D eigenvalue weighted by molar-refractivity contribution is 8.00. The van der Waals surface area contributed by atoms with E-state index in [4.69, 9.17) is 9.15 Å². The first-order valence-corrected chi connectivity index (χ1v) is 9.77. The maximum Gasteiger partial charge on any atom is 0.248 e. The quantitative estimate of drug-likeness (QED) is 0.500. The van der Waals surface area contributed by atoms with Gasteiger partial charge in [-0.25, -0.2) is 14.5 Å². The molecule has 1 aromatic carbocycles. The van der Waals surface area contributed by atoms with E-state index in [9.17, 15) is 0 Å². The Morgan fingerprint density at radius 3 is 3.08 bits per heavy atom. The van der Waals surface area contributed by atoms with Gasteiger partial charge in [-0.15, -0.1) is 5.10 Å². The summed E-state index contributed by atoms with van der Waals surface area (Å²) < 4.78 is 14.5. The number of fused-ring (bicyclic) bond motifs is 2. The highest BCUT2D eigenvalue weighted by Gasteiger charge is 2.23. The van der Waals surface area contributed by atoms with Gasteiger partial charge in [-0.3, -0.25) is 0 Å². The van der Waals surface area contributed by atoms with Crippen LogP contribution in [-0.2, 0) is 0 Å². The van der Waals surface area contributed by atoms with Gasteiger partial charge in [0.2, 0.25) is 10.9 Å². The lowest BCUT2D eigenvalue weighted by molar-refractivity contribution is 0.302. The van der Waals surface area contributed by atoms with Crippen molar-refractivity contribution in [3.05, 3.63) is 24.4 Å². The van der Waals surface area contributed by atoms with Gasteiger partial charge in [-0.1, -0.05) is 29.2 Å². The smallest absolute Gasteiger partial charge is 0.248 e. The second kappa shape index (κ2) is 5.49. The number of thioether (sulfide) groups is 1. The van der Waals surface area contributed by atoms with Crippen LogP contribution in [0.25, 0.3) is 27.6 Å². The Balaban J connectivity index is 1.52. The van der Waals surface area contributed by atoms with Gasteiger partial charge in [-0.05, 0) is 37.1 Å². The number of aromatic nitrogens is 4. The molecule has 0 saturated heterocycles. The number of rotatable bonds is 5. The van der Waals surface area contributed by atoms with E-state index in [1.54, 1.807) is 27.6 Å². The van der Waals surface area contributed by atoms with E-state index >= 15 is 0 Å². The summed E-state index contributed by atoms with van der Waals surface area (Å²) in [5.41, 5.74) is 2.15. The molecule has 1 aliphatic rings. The van der Waals surface area contributed by atoms with Crippen molar-refractivity contribution in [3.8, 4) is 17.3 Å². The Bertz CT molecular complexity index is 1000. The van der Waals surface area contributed by atoms with Crippen molar-refractivity contribution in [1.82, 2.24) is 19.6 Å². The van der Waals surface area contributed by atoms with E-state index in [2.05, 4.69) is 15.1 Å². The van der Waals surface area contributed by atoms with Crippen molar-refractivity contribution in [2.45, 2.75) is 17.2 Å². The zero-order chi connectivity index (χ0) is 16.1. The summed E-state index contributed by atoms with van der Waals surface area (Å²) in [6.07, 6.45) is 6.37. The predicted octanol–water partition coefficient (Wildman–Crippen LogP) is 4.11. The predicted molar refractivity (Wildman–Crippen MR) is 93.9 cm³/mol. The minimum Gasteiger partial charge on any atom is -0.491 e. The molecule has 0 aliphatic heterocycles. The number of benzene rings is 1. The second-order valence-corrected chi connectivity index (χ2v) is 7.81. The topological polar surface area (TPSA) is 65.5 Å². The Kier molecular flexibility index (Phi) is 3.27. The SMILES string of the molecule is CSc1nn2cc(-c3nc4c(OCC5CC5)cccc4o3)nc2s1. The first-order chi connectivity index (χ1) is 11.8. The molecule has 0 spiro atoms. The van der Waals surface area contributed by atoms with Gasteiger partial charge in [-0.2, -0.15) is 0 Å². The fraction of sp³-hybridized carbons (Fsp3) is 0.312. The Morgan fingerprint density at radius 1 is 1.38 bits per heavy atom. The fourth-order valence-electron chi connectivity index (χ4n) is 2.51. The zero-order valence-electron chi connectivity index (χ0n) is 12.9. The lowest BCUT2D eigenvalue weighted by Crippen LogP contribution is -1.99. The summed E-state index contributed by atoms with van der Waals surface area (Å²) in [4.78, 5) is 10.0. The average Bonchev–Trinajstić information content (AvgIpc) is 3.01. The van der Waals surface area contributed by atoms with E-state index in [1.807, 2.05) is 30.7 Å². The molecule has 0 atom stereocenters. The third-order valence-corrected chi connectivity index (χ3v) is 5.87. The van der Waals surface area contributed by atoms with Crippen molar-refractivity contribution < 1.29 is 9.15 Å². The molecular formula is C16H14N4O2S2. The van der Waals surface area contributed by atoms with E-state index < -0.39 is 0 Å². The van der Waals surface area contributed by atoms with E-state index in [0.717, 1.165) is 27.2 Å². The van der Waals surface area contributed by atoms with Crippen LogP contribution in [0.4, 0.5) is 0 Å². The van der Waals surface area contributed by atoms with Gasteiger partial charge >= 0.3 is 0 Å². The first kappa shape index (κ1) is 14.3. The molecule has 24 heavy (non-hydrogen) atoms. The Morgan fingerprint density at radius 2 is 2.29 bits per heavy atom. The second-order valence-electron chi connectivity index (χ2n) is 5.80. The fourth-order valence-corrected chi connectivity index (χ4v) is 3.85. The molecule has 1 fully saturated rings. The molecule has 0 N–H and O–H groups in total. The molecule has 0 bridgehead atoms. The van der Waals surface area contributed by atoms with Crippen molar-refractivity contribution in [2.75, 3.05) is 12.9 Å². The lowest BCUT2D eigenvalue weighted by Gasteiger charge is -2.04. The zero-order valence-corrected chi connectivity index (χ0v) is 14.6. The van der Waals surface area contributed by atoms with Crippen molar-refractivity contribution in [1.29, 1.82) is 0 Å². The first-order valence-electron chi connectivity index (χ1n) is 7.73. The number of nitrogens with zero attached hydrogens (tertiary/aromatic N) is 4. The minimum atomic E-state index is 0.496. The molecule has 0 radical (unpaired) electrons. The van der Waals surface area contributed by atoms with Crippen molar-refractivity contribution in [2.24, 2.45) is 5.92 Å². The lowest BCUT2D eigenvalue weighted by atomic mass is 10.3. The summed E-state index contributed by atoms with van der Waals surface area (Å²) >= 11 is 3.16. The van der Waals surface area contributed by atoms with Gasteiger partial charge in [0, 0.05) is 0 Å². The van der Waals surface area contributed by atoms with Crippen LogP contribution in [-0.4, -0.2) is 32.4 Å². The van der Waals surface area contributed by atoms with Crippen LogP contribution in [0, 0.1) is 5.92 Å². The molecular weight excluding hydrogens is 344 g/mol. The van der Waals surface area contributed by atoms with Crippen LogP contribution >= 0.6 is 23.1 Å². The summed E-state index contributed by atoms with van der Waals surface area (Å²) in [6, 6.07) is 5.77. The molecule has 122 valence electrons. The molecule has 0 unspecified atom stereocenters. The minimum absolute atomic E-state index is 0.496. The highest BCUT2D eigenvalue weighted by Crippen LogP contribution is 2.33. The Hall–Kier alpha value is -2.06. The van der Waals surface area contributed by atoms with Crippen LogP contribution in [0.5, 0.6) is 5.75 Å². The summed E-state index contributed by atoms with van der Waals surface area (Å²) in [6.45, 7) is 0.753. The maximum absolute atomic E-state index is 5.91. The normalized spacial score (nSPS) is 14.7. The molecule has 1 aliphatic carbocycles. The van der Waals surface area contributed by atoms with E-state index in [1.165, 1.54) is 12.8 Å². The van der Waals surface area contributed by atoms with Crippen LogP contribution in [0.3, 0.4) is 0 Å². The summed E-state index contributed by atoms with van der Waals surface area (Å²) in [5, 5.41) is 4.45. The standard InChI is InChI=1S/C16H14N4O2S2/c1-23-16-19-20-7-10(17-15(20)24-16)14-18-13-11(21-8-9-5-6-9)3-2-4-12(13)22-14/h2-4,7,9H,5-6,8H2,1H3. The molecule has 1 saturated carbocycles. The van der Waals surface area contributed by atoms with Crippen LogP contribution in [0.1, 0.15) is 12.8 Å². The highest BCUT2D eigenvalue weighted by atomic mass is 32.2. The van der Waals surface area contributed by atoms with Crippen molar-refractivity contribution in [3.63, 3.8) is 0 Å². The Labute approximate surface area is 145 Å². The number of imidazole rings is 1. The number of para-hydroxylation sites is 1. The van der Waals surface area contributed by atoms with Crippen LogP contribution < -0.4 is 4.74 Å². The number of ether oxygens (including phenoxy) is 1.